The number of nitrogens with two attached hydrogens (primary N) is 1. The lowest BCUT2D eigenvalue weighted by Gasteiger charge is -2.39. The van der Waals surface area contributed by atoms with Crippen molar-refractivity contribution in [1.82, 2.24) is 4.90 Å². The van der Waals surface area contributed by atoms with E-state index < -0.39 is 5.54 Å². The van der Waals surface area contributed by atoms with Gasteiger partial charge in [-0.05, 0) is 24.6 Å². The molecule has 1 amide bonds. The average molecular weight is 382 g/mol. The number of halogens is 2. The van der Waals surface area contributed by atoms with E-state index in [1.165, 1.54) is 5.69 Å². The van der Waals surface area contributed by atoms with Crippen LogP contribution in [-0.4, -0.2) is 37.0 Å². The second kappa shape index (κ2) is 9.09. The van der Waals surface area contributed by atoms with Gasteiger partial charge in [-0.15, -0.1) is 24.8 Å². The Morgan fingerprint density at radius 1 is 0.880 bits per heavy atom. The highest BCUT2D eigenvalue weighted by Gasteiger charge is 2.35. The fourth-order valence-corrected chi connectivity index (χ4v) is 3.04. The Hall–Kier alpha value is -1.75. The van der Waals surface area contributed by atoms with E-state index in [0.717, 1.165) is 18.7 Å². The first-order valence-corrected chi connectivity index (χ1v) is 8.03. The van der Waals surface area contributed by atoms with E-state index in [1.54, 1.807) is 6.92 Å². The monoisotopic (exact) mass is 381 g/mol. The summed E-state index contributed by atoms with van der Waals surface area (Å²) >= 11 is 0. The Bertz CT molecular complexity index is 657. The van der Waals surface area contributed by atoms with E-state index >= 15 is 0 Å². The van der Waals surface area contributed by atoms with Crippen molar-refractivity contribution in [2.75, 3.05) is 31.1 Å². The van der Waals surface area contributed by atoms with Crippen LogP contribution in [0.25, 0.3) is 0 Å². The van der Waals surface area contributed by atoms with Gasteiger partial charge in [0.25, 0.3) is 0 Å². The maximum atomic E-state index is 12.8. The highest BCUT2D eigenvalue weighted by molar-refractivity contribution is 5.87. The van der Waals surface area contributed by atoms with E-state index in [2.05, 4.69) is 17.0 Å². The Balaban J connectivity index is 0.00000156. The summed E-state index contributed by atoms with van der Waals surface area (Å²) in [6.07, 6.45) is 0. The number of para-hydroxylation sites is 1. The first-order chi connectivity index (χ1) is 11.1. The van der Waals surface area contributed by atoms with Gasteiger partial charge in [0.15, 0.2) is 0 Å². The van der Waals surface area contributed by atoms with Gasteiger partial charge in [0.2, 0.25) is 5.91 Å². The molecule has 0 saturated carbocycles. The van der Waals surface area contributed by atoms with Gasteiger partial charge in [0, 0.05) is 31.9 Å². The minimum atomic E-state index is -0.976. The lowest BCUT2D eigenvalue weighted by Crippen LogP contribution is -2.56. The molecular weight excluding hydrogens is 357 g/mol. The van der Waals surface area contributed by atoms with Crippen LogP contribution < -0.4 is 10.6 Å². The molecule has 0 aliphatic carbocycles. The largest absolute Gasteiger partial charge is 0.368 e. The predicted molar refractivity (Wildman–Crippen MR) is 108 cm³/mol. The van der Waals surface area contributed by atoms with Crippen molar-refractivity contribution < 1.29 is 4.79 Å². The molecule has 2 aromatic carbocycles. The fraction of sp³-hybridized carbons (Fsp3) is 0.316. The topological polar surface area (TPSA) is 49.6 Å². The summed E-state index contributed by atoms with van der Waals surface area (Å²) < 4.78 is 0. The van der Waals surface area contributed by atoms with Crippen molar-refractivity contribution in [2.24, 2.45) is 5.73 Å². The molecule has 1 fully saturated rings. The number of carbonyl (C=O) groups excluding carboxylic acids is 1. The van der Waals surface area contributed by atoms with Crippen molar-refractivity contribution in [3.05, 3.63) is 66.2 Å². The molecule has 1 aliphatic rings. The van der Waals surface area contributed by atoms with E-state index in [1.807, 2.05) is 53.4 Å². The molecule has 3 rings (SSSR count). The summed E-state index contributed by atoms with van der Waals surface area (Å²) in [7, 11) is 0. The van der Waals surface area contributed by atoms with E-state index in [-0.39, 0.29) is 30.7 Å². The normalized spacial score (nSPS) is 16.2. The molecule has 0 aromatic heterocycles. The highest BCUT2D eigenvalue weighted by Crippen LogP contribution is 2.22. The highest BCUT2D eigenvalue weighted by atomic mass is 35.5. The zero-order valence-electron chi connectivity index (χ0n) is 14.3. The zero-order valence-corrected chi connectivity index (χ0v) is 15.9. The summed E-state index contributed by atoms with van der Waals surface area (Å²) in [6.45, 7) is 4.87. The van der Waals surface area contributed by atoms with Gasteiger partial charge in [-0.2, -0.15) is 0 Å². The van der Waals surface area contributed by atoms with Gasteiger partial charge in [-0.1, -0.05) is 48.5 Å². The van der Waals surface area contributed by atoms with Gasteiger partial charge in [0.1, 0.15) is 5.54 Å². The number of hydrogen-bond donors (Lipinski definition) is 1. The molecule has 25 heavy (non-hydrogen) atoms. The summed E-state index contributed by atoms with van der Waals surface area (Å²) in [6, 6.07) is 19.9. The van der Waals surface area contributed by atoms with Gasteiger partial charge in [0.05, 0.1) is 0 Å². The number of amides is 1. The summed E-state index contributed by atoms with van der Waals surface area (Å²) in [5.41, 5.74) is 7.44. The third-order valence-electron chi connectivity index (χ3n) is 4.51. The van der Waals surface area contributed by atoms with Crippen LogP contribution in [0.1, 0.15) is 12.5 Å². The van der Waals surface area contributed by atoms with Crippen LogP contribution in [-0.2, 0) is 10.3 Å². The first-order valence-electron chi connectivity index (χ1n) is 8.03. The minimum Gasteiger partial charge on any atom is -0.368 e. The van der Waals surface area contributed by atoms with Crippen LogP contribution in [0.5, 0.6) is 0 Å². The van der Waals surface area contributed by atoms with Gasteiger partial charge in [-0.3, -0.25) is 4.79 Å². The van der Waals surface area contributed by atoms with Gasteiger partial charge in [-0.25, -0.2) is 0 Å². The molecule has 4 nitrogen and oxygen atoms in total. The summed E-state index contributed by atoms with van der Waals surface area (Å²) in [4.78, 5) is 17.0. The summed E-state index contributed by atoms with van der Waals surface area (Å²) in [5, 5.41) is 0. The molecule has 0 bridgehead atoms. The van der Waals surface area contributed by atoms with Crippen LogP contribution in [0.4, 0.5) is 5.69 Å². The number of piperazine rings is 1. The predicted octanol–water partition coefficient (Wildman–Crippen LogP) is 3.05. The molecule has 1 aliphatic heterocycles. The number of anilines is 1. The van der Waals surface area contributed by atoms with Gasteiger partial charge >= 0.3 is 0 Å². The number of hydrogen-bond acceptors (Lipinski definition) is 3. The molecule has 2 N–H and O–H groups in total. The van der Waals surface area contributed by atoms with Crippen LogP contribution in [0.2, 0.25) is 0 Å². The third-order valence-corrected chi connectivity index (χ3v) is 4.51. The molecule has 1 heterocycles. The maximum Gasteiger partial charge on any atom is 0.247 e. The number of benzene rings is 2. The molecular formula is C19H25Cl2N3O. The fourth-order valence-electron chi connectivity index (χ4n) is 3.04. The van der Waals surface area contributed by atoms with E-state index in [4.69, 9.17) is 5.73 Å². The molecule has 6 heteroatoms. The standard InChI is InChI=1S/C19H23N3O.2ClH/c1-19(20,16-8-4-2-5-9-16)18(23)22-14-12-21(13-15-22)17-10-6-3-7-11-17;;/h2-11H,12-15,20H2,1H3;2*1H. The van der Waals surface area contributed by atoms with Crippen molar-refractivity contribution in [3.8, 4) is 0 Å². The Labute approximate surface area is 161 Å². The number of carbonyl (C=O) groups is 1. The number of nitrogens with zero attached hydrogens (tertiary/aromatic N) is 2. The molecule has 1 unspecified atom stereocenters. The molecule has 1 atom stereocenters. The van der Waals surface area contributed by atoms with Crippen LogP contribution >= 0.6 is 24.8 Å². The quantitative estimate of drug-likeness (QED) is 0.888. The molecule has 2 aromatic rings. The van der Waals surface area contributed by atoms with E-state index in [9.17, 15) is 4.79 Å². The zero-order chi connectivity index (χ0) is 16.3. The Morgan fingerprint density at radius 2 is 1.36 bits per heavy atom. The van der Waals surface area contributed by atoms with Crippen molar-refractivity contribution in [3.63, 3.8) is 0 Å². The molecule has 0 radical (unpaired) electrons. The smallest absolute Gasteiger partial charge is 0.247 e. The molecule has 1 saturated heterocycles. The first kappa shape index (κ1) is 21.3. The van der Waals surface area contributed by atoms with Gasteiger partial charge < -0.3 is 15.5 Å². The second-order valence-electron chi connectivity index (χ2n) is 6.18. The van der Waals surface area contributed by atoms with Crippen LogP contribution in [0.3, 0.4) is 0 Å². The SMILES string of the molecule is CC(N)(C(=O)N1CCN(c2ccccc2)CC1)c1ccccc1.Cl.Cl. The third kappa shape index (κ3) is 4.66. The minimum absolute atomic E-state index is 0. The van der Waals surface area contributed by atoms with Crippen LogP contribution in [0.15, 0.2) is 60.7 Å². The maximum absolute atomic E-state index is 12.8. The second-order valence-corrected chi connectivity index (χ2v) is 6.18. The van der Waals surface area contributed by atoms with E-state index in [0.29, 0.717) is 13.1 Å². The number of rotatable bonds is 3. The molecule has 0 spiro atoms. The van der Waals surface area contributed by atoms with Crippen LogP contribution in [0, 0.1) is 0 Å². The van der Waals surface area contributed by atoms with Crippen molar-refractivity contribution >= 4 is 36.4 Å². The van der Waals surface area contributed by atoms with Crippen molar-refractivity contribution in [1.29, 1.82) is 0 Å². The lowest BCUT2D eigenvalue weighted by atomic mass is 9.91. The lowest BCUT2D eigenvalue weighted by molar-refractivity contribution is -0.137. The Kier molecular flexibility index (Phi) is 7.74. The molecule has 136 valence electrons. The average Bonchev–Trinajstić information content (AvgIpc) is 2.63. The summed E-state index contributed by atoms with van der Waals surface area (Å²) in [5.74, 6) is -0.00332. The van der Waals surface area contributed by atoms with Crippen molar-refractivity contribution in [2.45, 2.75) is 12.5 Å². The Morgan fingerprint density at radius 3 is 1.88 bits per heavy atom.